The number of rotatable bonds is 4. The highest BCUT2D eigenvalue weighted by Gasteiger charge is 2.32. The zero-order chi connectivity index (χ0) is 13.2. The molecular formula is C14H21BrN2O. The third-order valence-electron chi connectivity index (χ3n) is 3.75. The highest BCUT2D eigenvalue weighted by atomic mass is 79.9. The molecule has 1 aromatic rings. The number of methoxy groups -OCH3 is 1. The largest absolute Gasteiger partial charge is 0.496 e. The number of nitrogens with two attached hydrogens (primary N) is 1. The molecule has 0 aromatic heterocycles. The number of hydrogen-bond donors (Lipinski definition) is 1. The molecule has 0 bridgehead atoms. The van der Waals surface area contributed by atoms with E-state index in [4.69, 9.17) is 10.5 Å². The summed E-state index contributed by atoms with van der Waals surface area (Å²) in [5, 5.41) is 0. The molecule has 1 aromatic carbocycles. The second-order valence-corrected chi connectivity index (χ2v) is 6.30. The second kappa shape index (κ2) is 5.59. The summed E-state index contributed by atoms with van der Waals surface area (Å²) in [6.45, 7) is 6.26. The van der Waals surface area contributed by atoms with Gasteiger partial charge in [0.15, 0.2) is 0 Å². The molecule has 100 valence electrons. The number of ether oxygens (including phenoxy) is 1. The van der Waals surface area contributed by atoms with Crippen LogP contribution in [0.4, 0.5) is 0 Å². The molecule has 2 rings (SSSR count). The summed E-state index contributed by atoms with van der Waals surface area (Å²) in [5.41, 5.74) is 7.44. The molecule has 1 unspecified atom stereocenters. The van der Waals surface area contributed by atoms with Crippen LogP contribution in [0.3, 0.4) is 0 Å². The number of likely N-dealkylation sites (tertiary alicyclic amines) is 1. The molecule has 1 aliphatic heterocycles. The molecule has 0 radical (unpaired) electrons. The summed E-state index contributed by atoms with van der Waals surface area (Å²) >= 11 is 3.53. The van der Waals surface area contributed by atoms with Crippen molar-refractivity contribution in [2.75, 3.05) is 26.7 Å². The van der Waals surface area contributed by atoms with Crippen molar-refractivity contribution in [3.63, 3.8) is 0 Å². The third-order valence-corrected chi connectivity index (χ3v) is 4.37. The number of hydrogen-bond acceptors (Lipinski definition) is 3. The van der Waals surface area contributed by atoms with Crippen LogP contribution in [0, 0.1) is 5.41 Å². The minimum atomic E-state index is 0.295. The van der Waals surface area contributed by atoms with Crippen LogP contribution < -0.4 is 10.5 Å². The Balaban J connectivity index is 2.01. The standard InChI is InChI=1S/C14H21BrN2O/c1-14(9-16)5-6-17(10-14)8-11-3-4-13(18-2)12(15)7-11/h3-4,7H,5-6,8-10,16H2,1-2H3. The summed E-state index contributed by atoms with van der Waals surface area (Å²) in [6, 6.07) is 6.27. The minimum absolute atomic E-state index is 0.295. The van der Waals surface area contributed by atoms with Crippen LogP contribution in [0.5, 0.6) is 5.75 Å². The summed E-state index contributed by atoms with van der Waals surface area (Å²) < 4.78 is 6.26. The van der Waals surface area contributed by atoms with Gasteiger partial charge in [-0.15, -0.1) is 0 Å². The number of benzene rings is 1. The average Bonchev–Trinajstić information content (AvgIpc) is 2.72. The Labute approximate surface area is 117 Å². The van der Waals surface area contributed by atoms with Gasteiger partial charge in [0, 0.05) is 13.1 Å². The monoisotopic (exact) mass is 312 g/mol. The lowest BCUT2D eigenvalue weighted by atomic mass is 9.90. The van der Waals surface area contributed by atoms with Crippen LogP contribution in [0.1, 0.15) is 18.9 Å². The Morgan fingerprint density at radius 2 is 2.28 bits per heavy atom. The van der Waals surface area contributed by atoms with Crippen LogP contribution >= 0.6 is 15.9 Å². The van der Waals surface area contributed by atoms with Gasteiger partial charge in [0.2, 0.25) is 0 Å². The van der Waals surface area contributed by atoms with Crippen molar-refractivity contribution in [3.8, 4) is 5.75 Å². The molecule has 0 spiro atoms. The maximum atomic E-state index is 5.83. The molecule has 1 fully saturated rings. The smallest absolute Gasteiger partial charge is 0.133 e. The molecule has 3 nitrogen and oxygen atoms in total. The normalized spacial score (nSPS) is 24.4. The molecule has 4 heteroatoms. The first-order valence-corrected chi connectivity index (χ1v) is 7.10. The zero-order valence-corrected chi connectivity index (χ0v) is 12.7. The fourth-order valence-corrected chi connectivity index (χ4v) is 3.08. The molecular weight excluding hydrogens is 292 g/mol. The van der Waals surface area contributed by atoms with Crippen LogP contribution in [-0.2, 0) is 6.54 Å². The van der Waals surface area contributed by atoms with Gasteiger partial charge in [0.25, 0.3) is 0 Å². The first kappa shape index (κ1) is 13.8. The van der Waals surface area contributed by atoms with Gasteiger partial charge in [-0.3, -0.25) is 4.90 Å². The Bertz CT molecular complexity index is 424. The average molecular weight is 313 g/mol. The van der Waals surface area contributed by atoms with Crippen molar-refractivity contribution in [1.82, 2.24) is 4.90 Å². The molecule has 0 amide bonds. The topological polar surface area (TPSA) is 38.5 Å². The quantitative estimate of drug-likeness (QED) is 0.929. The van der Waals surface area contributed by atoms with E-state index in [0.717, 1.165) is 36.4 Å². The van der Waals surface area contributed by atoms with E-state index in [0.29, 0.717) is 5.41 Å². The van der Waals surface area contributed by atoms with E-state index in [9.17, 15) is 0 Å². The fourth-order valence-electron chi connectivity index (χ4n) is 2.49. The van der Waals surface area contributed by atoms with Gasteiger partial charge < -0.3 is 10.5 Å². The second-order valence-electron chi connectivity index (χ2n) is 5.44. The number of halogens is 1. The lowest BCUT2D eigenvalue weighted by Crippen LogP contribution is -2.31. The van der Waals surface area contributed by atoms with Gasteiger partial charge >= 0.3 is 0 Å². The molecule has 1 aliphatic rings. The molecule has 1 saturated heterocycles. The SMILES string of the molecule is COc1ccc(CN2CCC(C)(CN)C2)cc1Br. The maximum absolute atomic E-state index is 5.83. The van der Waals surface area contributed by atoms with E-state index in [1.54, 1.807) is 7.11 Å². The van der Waals surface area contributed by atoms with Gasteiger partial charge in [-0.1, -0.05) is 13.0 Å². The predicted octanol–water partition coefficient (Wildman–Crippen LogP) is 2.63. The minimum Gasteiger partial charge on any atom is -0.496 e. The Kier molecular flexibility index (Phi) is 4.30. The first-order chi connectivity index (χ1) is 8.56. The van der Waals surface area contributed by atoms with Crippen LogP contribution in [0.25, 0.3) is 0 Å². The van der Waals surface area contributed by atoms with Crippen molar-refractivity contribution in [1.29, 1.82) is 0 Å². The Morgan fingerprint density at radius 1 is 1.50 bits per heavy atom. The highest BCUT2D eigenvalue weighted by molar-refractivity contribution is 9.10. The third kappa shape index (κ3) is 3.05. The van der Waals surface area contributed by atoms with E-state index in [2.05, 4.69) is 39.9 Å². The zero-order valence-electron chi connectivity index (χ0n) is 11.1. The molecule has 1 atom stereocenters. The van der Waals surface area contributed by atoms with Crippen molar-refractivity contribution in [3.05, 3.63) is 28.2 Å². The highest BCUT2D eigenvalue weighted by Crippen LogP contribution is 2.31. The summed E-state index contributed by atoms with van der Waals surface area (Å²) in [5.74, 6) is 0.881. The van der Waals surface area contributed by atoms with Gasteiger partial charge in [0.05, 0.1) is 11.6 Å². The van der Waals surface area contributed by atoms with Crippen LogP contribution in [-0.4, -0.2) is 31.6 Å². The summed E-state index contributed by atoms with van der Waals surface area (Å²) in [7, 11) is 1.69. The van der Waals surface area contributed by atoms with Crippen LogP contribution in [0.15, 0.2) is 22.7 Å². The molecule has 1 heterocycles. The van der Waals surface area contributed by atoms with Gasteiger partial charge in [-0.25, -0.2) is 0 Å². The van der Waals surface area contributed by atoms with Crippen molar-refractivity contribution < 1.29 is 4.74 Å². The van der Waals surface area contributed by atoms with Crippen molar-refractivity contribution in [2.45, 2.75) is 19.9 Å². The summed E-state index contributed by atoms with van der Waals surface area (Å²) in [4.78, 5) is 2.47. The first-order valence-electron chi connectivity index (χ1n) is 6.31. The predicted molar refractivity (Wildman–Crippen MR) is 77.7 cm³/mol. The van der Waals surface area contributed by atoms with E-state index in [-0.39, 0.29) is 0 Å². The van der Waals surface area contributed by atoms with Gasteiger partial charge in [0.1, 0.15) is 5.75 Å². The van der Waals surface area contributed by atoms with Gasteiger partial charge in [-0.05, 0) is 58.6 Å². The summed E-state index contributed by atoms with van der Waals surface area (Å²) in [6.07, 6.45) is 1.20. The molecule has 2 N–H and O–H groups in total. The van der Waals surface area contributed by atoms with E-state index >= 15 is 0 Å². The van der Waals surface area contributed by atoms with Crippen molar-refractivity contribution in [2.24, 2.45) is 11.1 Å². The molecule has 0 saturated carbocycles. The lowest BCUT2D eigenvalue weighted by Gasteiger charge is -2.22. The fraction of sp³-hybridized carbons (Fsp3) is 0.571. The van der Waals surface area contributed by atoms with Crippen LogP contribution in [0.2, 0.25) is 0 Å². The maximum Gasteiger partial charge on any atom is 0.133 e. The van der Waals surface area contributed by atoms with E-state index in [1.807, 2.05) is 6.07 Å². The lowest BCUT2D eigenvalue weighted by molar-refractivity contribution is 0.274. The van der Waals surface area contributed by atoms with Crippen molar-refractivity contribution >= 4 is 15.9 Å². The Hall–Kier alpha value is -0.580. The van der Waals surface area contributed by atoms with Gasteiger partial charge in [-0.2, -0.15) is 0 Å². The molecule has 0 aliphatic carbocycles. The Morgan fingerprint density at radius 3 is 2.83 bits per heavy atom. The van der Waals surface area contributed by atoms with E-state index in [1.165, 1.54) is 12.0 Å². The van der Waals surface area contributed by atoms with E-state index < -0.39 is 0 Å². The molecule has 18 heavy (non-hydrogen) atoms. The number of nitrogens with zero attached hydrogens (tertiary/aromatic N) is 1.